The molecule has 2 atom stereocenters. The molecule has 1 saturated carbocycles. The molecule has 29 heavy (non-hydrogen) atoms. The maximum Gasteiger partial charge on any atom is 0.347 e. The number of aromatic nitrogens is 1. The summed E-state index contributed by atoms with van der Waals surface area (Å²) in [4.78, 5) is 28.1. The van der Waals surface area contributed by atoms with Crippen LogP contribution in [0.25, 0.3) is 0 Å². The van der Waals surface area contributed by atoms with Gasteiger partial charge in [-0.2, -0.15) is 0 Å². The van der Waals surface area contributed by atoms with Crippen molar-refractivity contribution in [2.75, 3.05) is 6.61 Å². The Labute approximate surface area is 172 Å². The summed E-state index contributed by atoms with van der Waals surface area (Å²) in [6.07, 6.45) is 4.81. The standard InChI is InChI=1S/C24H31NO4/c1-4-28-24(27)21-20(29-22-16(2)9-8-10-17(22)3)15-19(25-23(21)26)14-13-18-11-6-5-7-12-18/h5-7,11-12,15-17,22H,4,8-10,13-14H2,1-3H3,(H,25,26). The first-order chi connectivity index (χ1) is 14.0. The lowest BCUT2D eigenvalue weighted by Gasteiger charge is -2.35. The first-order valence-corrected chi connectivity index (χ1v) is 10.6. The van der Waals surface area contributed by atoms with Crippen LogP contribution in [-0.4, -0.2) is 23.7 Å². The van der Waals surface area contributed by atoms with Crippen LogP contribution in [0.2, 0.25) is 0 Å². The Morgan fingerprint density at radius 2 is 1.79 bits per heavy atom. The van der Waals surface area contributed by atoms with Gasteiger partial charge < -0.3 is 14.5 Å². The summed E-state index contributed by atoms with van der Waals surface area (Å²) in [7, 11) is 0. The Kier molecular flexibility index (Phi) is 7.13. The minimum absolute atomic E-state index is 0.0132. The molecule has 1 aromatic heterocycles. The van der Waals surface area contributed by atoms with Gasteiger partial charge in [0.15, 0.2) is 5.56 Å². The lowest BCUT2D eigenvalue weighted by Crippen LogP contribution is -2.36. The summed E-state index contributed by atoms with van der Waals surface area (Å²) in [5.41, 5.74) is 1.48. The zero-order chi connectivity index (χ0) is 20.8. The number of ether oxygens (including phenoxy) is 2. The number of carbonyl (C=O) groups is 1. The van der Waals surface area contributed by atoms with Gasteiger partial charge in [0.05, 0.1) is 6.61 Å². The first kappa shape index (κ1) is 21.2. The number of benzene rings is 1. The number of aryl methyl sites for hydroxylation is 2. The fourth-order valence-electron chi connectivity index (χ4n) is 4.16. The van der Waals surface area contributed by atoms with Gasteiger partial charge >= 0.3 is 5.97 Å². The Morgan fingerprint density at radius 1 is 1.10 bits per heavy atom. The second kappa shape index (κ2) is 9.77. The fraction of sp³-hybridized carbons (Fsp3) is 0.500. The van der Waals surface area contributed by atoms with E-state index in [1.807, 2.05) is 24.3 Å². The van der Waals surface area contributed by atoms with Gasteiger partial charge in [0.25, 0.3) is 5.56 Å². The van der Waals surface area contributed by atoms with Crippen LogP contribution in [0.5, 0.6) is 5.75 Å². The molecule has 5 heteroatoms. The maximum absolute atomic E-state index is 12.8. The van der Waals surface area contributed by atoms with E-state index >= 15 is 0 Å². The summed E-state index contributed by atoms with van der Waals surface area (Å²) >= 11 is 0. The second-order valence-electron chi connectivity index (χ2n) is 8.04. The van der Waals surface area contributed by atoms with Crippen molar-refractivity contribution >= 4 is 5.97 Å². The highest BCUT2D eigenvalue weighted by Crippen LogP contribution is 2.33. The van der Waals surface area contributed by atoms with Crippen LogP contribution < -0.4 is 10.3 Å². The highest BCUT2D eigenvalue weighted by molar-refractivity contribution is 5.92. The Bertz CT molecular complexity index is 864. The van der Waals surface area contributed by atoms with Crippen molar-refractivity contribution in [1.82, 2.24) is 4.98 Å². The largest absolute Gasteiger partial charge is 0.489 e. The van der Waals surface area contributed by atoms with Crippen LogP contribution in [0.4, 0.5) is 0 Å². The molecule has 156 valence electrons. The third-order valence-corrected chi connectivity index (χ3v) is 5.76. The fourth-order valence-corrected chi connectivity index (χ4v) is 4.16. The van der Waals surface area contributed by atoms with Gasteiger partial charge in [-0.3, -0.25) is 4.79 Å². The molecule has 1 aromatic carbocycles. The van der Waals surface area contributed by atoms with Gasteiger partial charge in [-0.25, -0.2) is 4.79 Å². The number of hydrogen-bond donors (Lipinski definition) is 1. The highest BCUT2D eigenvalue weighted by Gasteiger charge is 2.31. The average molecular weight is 398 g/mol. The molecule has 1 aliphatic rings. The molecule has 2 aromatic rings. The van der Waals surface area contributed by atoms with E-state index in [-0.39, 0.29) is 18.3 Å². The van der Waals surface area contributed by atoms with E-state index < -0.39 is 11.5 Å². The molecule has 1 N–H and O–H groups in total. The van der Waals surface area contributed by atoms with Crippen molar-refractivity contribution in [3.8, 4) is 5.75 Å². The zero-order valence-corrected chi connectivity index (χ0v) is 17.6. The van der Waals surface area contributed by atoms with Crippen molar-refractivity contribution in [2.24, 2.45) is 11.8 Å². The SMILES string of the molecule is CCOC(=O)c1c(OC2C(C)CCCC2C)cc(CCc2ccccc2)[nH]c1=O. The smallest absolute Gasteiger partial charge is 0.347 e. The van der Waals surface area contributed by atoms with E-state index in [0.29, 0.717) is 24.0 Å². The summed E-state index contributed by atoms with van der Waals surface area (Å²) in [6, 6.07) is 11.9. The molecule has 0 bridgehead atoms. The van der Waals surface area contributed by atoms with Gasteiger partial charge in [0, 0.05) is 11.8 Å². The number of rotatable bonds is 7. The number of carbonyl (C=O) groups excluding carboxylic acids is 1. The number of H-pyrrole nitrogens is 1. The minimum atomic E-state index is -0.630. The quantitative estimate of drug-likeness (QED) is 0.697. The molecule has 0 radical (unpaired) electrons. The topological polar surface area (TPSA) is 68.4 Å². The van der Waals surface area contributed by atoms with E-state index in [9.17, 15) is 9.59 Å². The molecule has 0 amide bonds. The monoisotopic (exact) mass is 397 g/mol. The van der Waals surface area contributed by atoms with Gasteiger partial charge in [-0.1, -0.05) is 50.6 Å². The molecule has 2 unspecified atom stereocenters. The maximum atomic E-state index is 12.8. The summed E-state index contributed by atoms with van der Waals surface area (Å²) in [6.45, 7) is 6.29. The van der Waals surface area contributed by atoms with Gasteiger partial charge in [0.1, 0.15) is 11.9 Å². The number of aromatic amines is 1. The van der Waals surface area contributed by atoms with Crippen LogP contribution in [0.1, 0.15) is 61.6 Å². The molecule has 0 aliphatic heterocycles. The molecule has 0 spiro atoms. The van der Waals surface area contributed by atoms with Crippen molar-refractivity contribution in [3.05, 3.63) is 63.6 Å². The minimum Gasteiger partial charge on any atom is -0.489 e. The molecule has 0 saturated heterocycles. The molecular weight excluding hydrogens is 366 g/mol. The van der Waals surface area contributed by atoms with Crippen molar-refractivity contribution in [2.45, 2.75) is 59.0 Å². The number of pyridine rings is 1. The predicted octanol–water partition coefficient (Wildman–Crippen LogP) is 4.54. The Morgan fingerprint density at radius 3 is 2.45 bits per heavy atom. The van der Waals surface area contributed by atoms with Gasteiger partial charge in [0.2, 0.25) is 0 Å². The van der Waals surface area contributed by atoms with Crippen molar-refractivity contribution in [1.29, 1.82) is 0 Å². The van der Waals surface area contributed by atoms with Crippen LogP contribution >= 0.6 is 0 Å². The van der Waals surface area contributed by atoms with Gasteiger partial charge in [-0.05, 0) is 50.0 Å². The zero-order valence-electron chi connectivity index (χ0n) is 17.6. The second-order valence-corrected chi connectivity index (χ2v) is 8.04. The van der Waals surface area contributed by atoms with E-state index in [1.54, 1.807) is 6.92 Å². The molecule has 1 aliphatic carbocycles. The summed E-state index contributed by atoms with van der Waals surface area (Å²) in [5.74, 6) is 0.469. The van der Waals surface area contributed by atoms with Crippen LogP contribution in [0, 0.1) is 11.8 Å². The van der Waals surface area contributed by atoms with E-state index in [4.69, 9.17) is 9.47 Å². The van der Waals surface area contributed by atoms with Crippen molar-refractivity contribution < 1.29 is 14.3 Å². The predicted molar refractivity (Wildman–Crippen MR) is 113 cm³/mol. The molecule has 1 fully saturated rings. The van der Waals surface area contributed by atoms with E-state index in [2.05, 4.69) is 31.0 Å². The molecule has 5 nitrogen and oxygen atoms in total. The Hall–Kier alpha value is -2.56. The van der Waals surface area contributed by atoms with Crippen molar-refractivity contribution in [3.63, 3.8) is 0 Å². The number of hydrogen-bond acceptors (Lipinski definition) is 4. The number of esters is 1. The number of nitrogens with one attached hydrogen (secondary N) is 1. The van der Waals surface area contributed by atoms with Gasteiger partial charge in [-0.15, -0.1) is 0 Å². The van der Waals surface area contributed by atoms with Crippen LogP contribution in [-0.2, 0) is 17.6 Å². The normalized spacial score (nSPS) is 21.6. The van der Waals surface area contributed by atoms with Crippen LogP contribution in [0.3, 0.4) is 0 Å². The van der Waals surface area contributed by atoms with E-state index in [0.717, 1.165) is 25.0 Å². The lowest BCUT2D eigenvalue weighted by atomic mass is 9.80. The Balaban J connectivity index is 1.90. The molecular formula is C24H31NO4. The average Bonchev–Trinajstić information content (AvgIpc) is 2.70. The lowest BCUT2D eigenvalue weighted by molar-refractivity contribution is 0.0444. The third-order valence-electron chi connectivity index (χ3n) is 5.76. The third kappa shape index (κ3) is 5.28. The van der Waals surface area contributed by atoms with Crippen LogP contribution in [0.15, 0.2) is 41.2 Å². The first-order valence-electron chi connectivity index (χ1n) is 10.6. The summed E-state index contributed by atoms with van der Waals surface area (Å²) in [5, 5.41) is 0. The highest BCUT2D eigenvalue weighted by atomic mass is 16.5. The summed E-state index contributed by atoms with van der Waals surface area (Å²) < 4.78 is 11.5. The van der Waals surface area contributed by atoms with E-state index in [1.165, 1.54) is 12.0 Å². The molecule has 3 rings (SSSR count). The molecule has 1 heterocycles.